The Bertz CT molecular complexity index is 735. The van der Waals surface area contributed by atoms with Crippen LogP contribution in [-0.2, 0) is 21.2 Å². The summed E-state index contributed by atoms with van der Waals surface area (Å²) in [5.41, 5.74) is 2.77. The highest BCUT2D eigenvalue weighted by molar-refractivity contribution is 7.90. The summed E-state index contributed by atoms with van der Waals surface area (Å²) in [6.45, 7) is 3.79. The van der Waals surface area contributed by atoms with Gasteiger partial charge in [0, 0.05) is 12.4 Å². The minimum atomic E-state index is -3.87. The van der Waals surface area contributed by atoms with E-state index in [4.69, 9.17) is 0 Å². The van der Waals surface area contributed by atoms with Gasteiger partial charge in [-0.05, 0) is 42.7 Å². The fourth-order valence-electron chi connectivity index (χ4n) is 2.04. The van der Waals surface area contributed by atoms with Crippen LogP contribution in [0.2, 0.25) is 0 Å². The first kappa shape index (κ1) is 15.2. The number of aromatic nitrogens is 1. The van der Waals surface area contributed by atoms with Gasteiger partial charge >= 0.3 is 0 Å². The molecule has 0 aliphatic heterocycles. The molecule has 1 heterocycles. The van der Waals surface area contributed by atoms with Gasteiger partial charge in [0.05, 0.1) is 6.42 Å². The van der Waals surface area contributed by atoms with Gasteiger partial charge in [0.25, 0.3) is 10.0 Å². The number of sulfonamides is 1. The predicted octanol–water partition coefficient (Wildman–Crippen LogP) is 1.75. The minimum absolute atomic E-state index is 0.0258. The highest BCUT2D eigenvalue weighted by Crippen LogP contribution is 2.14. The zero-order valence-electron chi connectivity index (χ0n) is 11.8. The van der Waals surface area contributed by atoms with Gasteiger partial charge in [-0.2, -0.15) is 0 Å². The van der Waals surface area contributed by atoms with Crippen molar-refractivity contribution in [2.24, 2.45) is 0 Å². The molecule has 0 unspecified atom stereocenters. The molecule has 0 fully saturated rings. The first-order chi connectivity index (χ1) is 9.90. The van der Waals surface area contributed by atoms with Gasteiger partial charge in [-0.15, -0.1) is 0 Å². The van der Waals surface area contributed by atoms with Crippen molar-refractivity contribution < 1.29 is 13.2 Å². The number of aryl methyl sites for hydroxylation is 2. The number of amides is 1. The van der Waals surface area contributed by atoms with Crippen molar-refractivity contribution in [3.8, 4) is 0 Å². The van der Waals surface area contributed by atoms with Crippen LogP contribution in [0.5, 0.6) is 0 Å². The van der Waals surface area contributed by atoms with Crippen molar-refractivity contribution in [3.05, 3.63) is 59.4 Å². The maximum absolute atomic E-state index is 12.0. The van der Waals surface area contributed by atoms with Crippen LogP contribution in [-0.4, -0.2) is 19.3 Å². The zero-order valence-corrected chi connectivity index (χ0v) is 12.6. The van der Waals surface area contributed by atoms with E-state index in [2.05, 4.69) is 9.71 Å². The number of carbonyl (C=O) groups is 1. The summed E-state index contributed by atoms with van der Waals surface area (Å²) in [6.07, 6.45) is 2.70. The van der Waals surface area contributed by atoms with Gasteiger partial charge in [0.15, 0.2) is 0 Å². The van der Waals surface area contributed by atoms with Crippen molar-refractivity contribution in [1.82, 2.24) is 9.71 Å². The molecule has 5 nitrogen and oxygen atoms in total. The number of pyridine rings is 1. The number of nitrogens with zero attached hydrogens (tertiary/aromatic N) is 1. The molecule has 1 amide bonds. The largest absolute Gasteiger partial charge is 0.274 e. The van der Waals surface area contributed by atoms with Gasteiger partial charge in [-0.3, -0.25) is 9.78 Å². The average molecular weight is 304 g/mol. The summed E-state index contributed by atoms with van der Waals surface area (Å²) < 4.78 is 26.1. The molecule has 0 atom stereocenters. The lowest BCUT2D eigenvalue weighted by Crippen LogP contribution is -2.32. The van der Waals surface area contributed by atoms with Crippen molar-refractivity contribution >= 4 is 15.9 Å². The summed E-state index contributed by atoms with van der Waals surface area (Å²) in [5.74, 6) is -0.559. The second-order valence-electron chi connectivity index (χ2n) is 4.76. The van der Waals surface area contributed by atoms with Crippen LogP contribution in [0.15, 0.2) is 47.6 Å². The summed E-state index contributed by atoms with van der Waals surface area (Å²) in [5, 5.41) is 0. The highest BCUT2D eigenvalue weighted by Gasteiger charge is 2.18. The van der Waals surface area contributed by atoms with E-state index in [0.717, 1.165) is 16.7 Å². The third-order valence-corrected chi connectivity index (χ3v) is 4.53. The van der Waals surface area contributed by atoms with Crippen molar-refractivity contribution in [2.45, 2.75) is 25.2 Å². The van der Waals surface area contributed by atoms with Crippen molar-refractivity contribution in [3.63, 3.8) is 0 Å². The molecule has 2 aromatic rings. The van der Waals surface area contributed by atoms with Crippen molar-refractivity contribution in [2.75, 3.05) is 0 Å². The molecule has 6 heteroatoms. The fraction of sp³-hybridized carbons (Fsp3) is 0.200. The quantitative estimate of drug-likeness (QED) is 0.933. The van der Waals surface area contributed by atoms with E-state index >= 15 is 0 Å². The lowest BCUT2D eigenvalue weighted by Gasteiger charge is -2.10. The summed E-state index contributed by atoms with van der Waals surface area (Å²) in [4.78, 5) is 15.7. The van der Waals surface area contributed by atoms with Gasteiger partial charge in [-0.1, -0.05) is 18.2 Å². The first-order valence-corrected chi connectivity index (χ1v) is 7.89. The second kappa shape index (κ2) is 6.05. The molecule has 1 aromatic heterocycles. The molecule has 0 spiro atoms. The highest BCUT2D eigenvalue weighted by atomic mass is 32.2. The van der Waals surface area contributed by atoms with E-state index in [1.165, 1.54) is 24.5 Å². The number of carbonyl (C=O) groups excluding carboxylic acids is 1. The number of benzene rings is 1. The Morgan fingerprint density at radius 1 is 1.14 bits per heavy atom. The number of rotatable bonds is 4. The molecule has 0 radical (unpaired) electrons. The molecule has 0 bridgehead atoms. The van der Waals surface area contributed by atoms with Crippen LogP contribution in [0.25, 0.3) is 0 Å². The Kier molecular flexibility index (Phi) is 4.37. The van der Waals surface area contributed by atoms with E-state index in [1.807, 2.05) is 32.0 Å². The lowest BCUT2D eigenvalue weighted by molar-refractivity contribution is -0.118. The standard InChI is InChI=1S/C15H16N2O3S/c1-11-5-3-6-12(2)14(11)9-15(18)17-21(19,20)13-7-4-8-16-10-13/h3-8,10H,9H2,1-2H3,(H,17,18). The Labute approximate surface area is 124 Å². The van der Waals surface area contributed by atoms with Crippen LogP contribution in [0.3, 0.4) is 0 Å². The summed E-state index contributed by atoms with van der Waals surface area (Å²) in [7, 11) is -3.87. The monoisotopic (exact) mass is 304 g/mol. The zero-order chi connectivity index (χ0) is 15.5. The Morgan fingerprint density at radius 2 is 1.81 bits per heavy atom. The Morgan fingerprint density at radius 3 is 2.38 bits per heavy atom. The molecule has 0 saturated carbocycles. The van der Waals surface area contributed by atoms with Crippen LogP contribution in [0, 0.1) is 13.8 Å². The maximum atomic E-state index is 12.0. The van der Waals surface area contributed by atoms with Crippen LogP contribution in [0.1, 0.15) is 16.7 Å². The van der Waals surface area contributed by atoms with E-state index < -0.39 is 15.9 Å². The fourth-order valence-corrected chi connectivity index (χ4v) is 2.99. The lowest BCUT2D eigenvalue weighted by atomic mass is 10.0. The van der Waals surface area contributed by atoms with Gasteiger partial charge < -0.3 is 0 Å². The molecular formula is C15H16N2O3S. The molecule has 21 heavy (non-hydrogen) atoms. The predicted molar refractivity (Wildman–Crippen MR) is 79.2 cm³/mol. The second-order valence-corrected chi connectivity index (χ2v) is 6.45. The molecule has 1 aromatic carbocycles. The summed E-state index contributed by atoms with van der Waals surface area (Å²) >= 11 is 0. The van der Waals surface area contributed by atoms with E-state index in [-0.39, 0.29) is 11.3 Å². The van der Waals surface area contributed by atoms with Gasteiger partial charge in [0.1, 0.15) is 4.90 Å². The van der Waals surface area contributed by atoms with Crippen molar-refractivity contribution in [1.29, 1.82) is 0 Å². The van der Waals surface area contributed by atoms with E-state index in [9.17, 15) is 13.2 Å². The Balaban J connectivity index is 2.16. The van der Waals surface area contributed by atoms with Gasteiger partial charge in [-0.25, -0.2) is 13.1 Å². The number of nitrogens with one attached hydrogen (secondary N) is 1. The SMILES string of the molecule is Cc1cccc(C)c1CC(=O)NS(=O)(=O)c1cccnc1. The summed E-state index contributed by atoms with van der Waals surface area (Å²) in [6, 6.07) is 8.58. The van der Waals surface area contributed by atoms with Crippen LogP contribution < -0.4 is 4.72 Å². The number of hydrogen-bond acceptors (Lipinski definition) is 4. The molecule has 110 valence electrons. The van der Waals surface area contributed by atoms with E-state index in [1.54, 1.807) is 0 Å². The molecular weight excluding hydrogens is 288 g/mol. The van der Waals surface area contributed by atoms with Crippen LogP contribution in [0.4, 0.5) is 0 Å². The topological polar surface area (TPSA) is 76.1 Å². The molecule has 2 rings (SSSR count). The average Bonchev–Trinajstić information content (AvgIpc) is 2.43. The molecule has 0 aliphatic rings. The number of hydrogen-bond donors (Lipinski definition) is 1. The molecule has 0 saturated heterocycles. The first-order valence-electron chi connectivity index (χ1n) is 6.41. The normalized spacial score (nSPS) is 11.1. The third-order valence-electron chi connectivity index (χ3n) is 3.17. The smallest absolute Gasteiger partial charge is 0.265 e. The minimum Gasteiger partial charge on any atom is -0.274 e. The third kappa shape index (κ3) is 3.66. The maximum Gasteiger partial charge on any atom is 0.265 e. The Hall–Kier alpha value is -2.21. The molecule has 1 N–H and O–H groups in total. The van der Waals surface area contributed by atoms with Gasteiger partial charge in [0.2, 0.25) is 5.91 Å². The van der Waals surface area contributed by atoms with E-state index in [0.29, 0.717) is 0 Å². The van der Waals surface area contributed by atoms with Crippen LogP contribution >= 0.6 is 0 Å². The molecule has 0 aliphatic carbocycles.